The maximum absolute atomic E-state index is 12.7. The zero-order valence-electron chi connectivity index (χ0n) is 9.52. The Bertz CT molecular complexity index is 539. The molecule has 0 saturated carbocycles. The fraction of sp³-hybridized carbons (Fsp3) is 0.167. The summed E-state index contributed by atoms with van der Waals surface area (Å²) in [5.74, 6) is 0.310. The van der Waals surface area contributed by atoms with Gasteiger partial charge in [-0.25, -0.2) is 9.37 Å². The average Bonchev–Trinajstić information content (AvgIpc) is 2.81. The van der Waals surface area contributed by atoms with Crippen molar-refractivity contribution >= 4 is 17.2 Å². The molecular weight excluding hydrogens is 253 g/mol. The second-order valence-corrected chi connectivity index (χ2v) is 4.54. The first-order valence-electron chi connectivity index (χ1n) is 5.32. The predicted octanol–water partition coefficient (Wildman–Crippen LogP) is 2.19. The molecule has 0 unspecified atom stereocenters. The molecule has 0 aliphatic carbocycles. The summed E-state index contributed by atoms with van der Waals surface area (Å²) in [6, 6.07) is 5.87. The average molecular weight is 265 g/mol. The lowest BCUT2D eigenvalue weighted by molar-refractivity contribution is 0.321. The van der Waals surface area contributed by atoms with Gasteiger partial charge in [0, 0.05) is 11.8 Å². The lowest BCUT2D eigenvalue weighted by Crippen LogP contribution is -2.11. The molecule has 3 N–H and O–H groups in total. The highest BCUT2D eigenvalue weighted by atomic mass is 32.1. The molecule has 1 aromatic heterocycles. The summed E-state index contributed by atoms with van der Waals surface area (Å²) < 4.78 is 18.1. The van der Waals surface area contributed by atoms with E-state index in [9.17, 15) is 4.39 Å². The molecule has 2 rings (SSSR count). The van der Waals surface area contributed by atoms with Crippen molar-refractivity contribution in [3.05, 3.63) is 46.2 Å². The third-order valence-electron chi connectivity index (χ3n) is 2.23. The van der Waals surface area contributed by atoms with E-state index in [1.165, 1.54) is 23.5 Å². The summed E-state index contributed by atoms with van der Waals surface area (Å²) in [5, 5.41) is 9.84. The van der Waals surface area contributed by atoms with Gasteiger partial charge in [-0.05, 0) is 24.3 Å². The van der Waals surface area contributed by atoms with Crippen molar-refractivity contribution in [2.45, 2.75) is 6.42 Å². The molecule has 0 aliphatic heterocycles. The number of benzene rings is 1. The number of aromatic nitrogens is 1. The van der Waals surface area contributed by atoms with Crippen molar-refractivity contribution in [2.24, 2.45) is 5.73 Å². The molecule has 0 atom stereocenters. The molecule has 0 fully saturated rings. The SMILES string of the molecule is N=C(N)c1csc(CCOc2ccc(F)cc2)n1. The smallest absolute Gasteiger partial charge is 0.142 e. The number of amidine groups is 1. The molecule has 0 radical (unpaired) electrons. The van der Waals surface area contributed by atoms with Crippen LogP contribution in [-0.2, 0) is 6.42 Å². The minimum absolute atomic E-state index is 0.0306. The monoisotopic (exact) mass is 265 g/mol. The van der Waals surface area contributed by atoms with Crippen LogP contribution in [0.3, 0.4) is 0 Å². The van der Waals surface area contributed by atoms with Crippen LogP contribution in [0, 0.1) is 11.2 Å². The third kappa shape index (κ3) is 3.27. The van der Waals surface area contributed by atoms with Crippen LogP contribution < -0.4 is 10.5 Å². The fourth-order valence-electron chi connectivity index (χ4n) is 1.34. The first kappa shape index (κ1) is 12.5. The Labute approximate surface area is 108 Å². The van der Waals surface area contributed by atoms with Crippen LogP contribution in [0.1, 0.15) is 10.7 Å². The Morgan fingerprint density at radius 2 is 2.11 bits per heavy atom. The highest BCUT2D eigenvalue weighted by Crippen LogP contribution is 2.13. The zero-order valence-corrected chi connectivity index (χ0v) is 10.3. The van der Waals surface area contributed by atoms with E-state index >= 15 is 0 Å². The number of rotatable bonds is 5. The van der Waals surface area contributed by atoms with Gasteiger partial charge in [0.25, 0.3) is 0 Å². The Kier molecular flexibility index (Phi) is 3.88. The molecule has 0 aliphatic rings. The topological polar surface area (TPSA) is 72.0 Å². The van der Waals surface area contributed by atoms with Gasteiger partial charge in [0.1, 0.15) is 23.1 Å². The van der Waals surface area contributed by atoms with Crippen molar-refractivity contribution in [1.29, 1.82) is 5.41 Å². The molecule has 18 heavy (non-hydrogen) atoms. The molecule has 6 heteroatoms. The maximum Gasteiger partial charge on any atom is 0.142 e. The second kappa shape index (κ2) is 5.59. The van der Waals surface area contributed by atoms with Crippen LogP contribution in [0.15, 0.2) is 29.6 Å². The van der Waals surface area contributed by atoms with Gasteiger partial charge < -0.3 is 10.5 Å². The quantitative estimate of drug-likeness (QED) is 0.643. The Morgan fingerprint density at radius 3 is 2.72 bits per heavy atom. The van der Waals surface area contributed by atoms with Crippen LogP contribution >= 0.6 is 11.3 Å². The van der Waals surface area contributed by atoms with E-state index in [0.29, 0.717) is 24.5 Å². The van der Waals surface area contributed by atoms with E-state index in [1.54, 1.807) is 17.5 Å². The summed E-state index contributed by atoms with van der Waals surface area (Å²) in [6.07, 6.45) is 0.634. The van der Waals surface area contributed by atoms with Gasteiger partial charge in [-0.15, -0.1) is 11.3 Å². The number of nitrogens with two attached hydrogens (primary N) is 1. The molecule has 1 heterocycles. The van der Waals surface area contributed by atoms with Gasteiger partial charge in [0.15, 0.2) is 0 Å². The molecule has 4 nitrogen and oxygen atoms in total. The highest BCUT2D eigenvalue weighted by Gasteiger charge is 2.04. The molecule has 0 bridgehead atoms. The lowest BCUT2D eigenvalue weighted by Gasteiger charge is -2.04. The summed E-state index contributed by atoms with van der Waals surface area (Å²) in [6.45, 7) is 0.455. The minimum Gasteiger partial charge on any atom is -0.493 e. The van der Waals surface area contributed by atoms with Gasteiger partial charge in [0.2, 0.25) is 0 Å². The van der Waals surface area contributed by atoms with Gasteiger partial charge in [0.05, 0.1) is 11.6 Å². The Hall–Kier alpha value is -1.95. The first-order chi connectivity index (χ1) is 8.65. The van der Waals surface area contributed by atoms with Crippen LogP contribution in [0.4, 0.5) is 4.39 Å². The van der Waals surface area contributed by atoms with Gasteiger partial charge in [-0.1, -0.05) is 0 Å². The standard InChI is InChI=1S/C12H12FN3OS/c13-8-1-3-9(4-2-8)17-6-5-11-16-10(7-18-11)12(14)15/h1-4,7H,5-6H2,(H3,14,15). The maximum atomic E-state index is 12.7. The number of ether oxygens (including phenoxy) is 1. The zero-order chi connectivity index (χ0) is 13.0. The number of halogens is 1. The lowest BCUT2D eigenvalue weighted by atomic mass is 10.3. The molecule has 2 aromatic rings. The number of nitrogen functional groups attached to an aromatic ring is 1. The summed E-state index contributed by atoms with van der Waals surface area (Å²) in [7, 11) is 0. The molecule has 0 amide bonds. The van der Waals surface area contributed by atoms with Crippen molar-refractivity contribution in [1.82, 2.24) is 4.98 Å². The van der Waals surface area contributed by atoms with Crippen LogP contribution in [0.2, 0.25) is 0 Å². The van der Waals surface area contributed by atoms with E-state index < -0.39 is 0 Å². The van der Waals surface area contributed by atoms with Crippen molar-refractivity contribution in [2.75, 3.05) is 6.61 Å². The van der Waals surface area contributed by atoms with Gasteiger partial charge in [-0.2, -0.15) is 0 Å². The van der Waals surface area contributed by atoms with E-state index in [2.05, 4.69) is 4.98 Å². The largest absolute Gasteiger partial charge is 0.493 e. The Morgan fingerprint density at radius 1 is 1.39 bits per heavy atom. The summed E-state index contributed by atoms with van der Waals surface area (Å²) in [5.41, 5.74) is 5.82. The van der Waals surface area contributed by atoms with Gasteiger partial charge in [-0.3, -0.25) is 5.41 Å². The molecule has 94 valence electrons. The number of hydrogen-bond donors (Lipinski definition) is 2. The van der Waals surface area contributed by atoms with E-state index in [1.807, 2.05) is 0 Å². The summed E-state index contributed by atoms with van der Waals surface area (Å²) in [4.78, 5) is 4.18. The van der Waals surface area contributed by atoms with E-state index in [-0.39, 0.29) is 11.7 Å². The summed E-state index contributed by atoms with van der Waals surface area (Å²) >= 11 is 1.44. The number of nitrogens with zero attached hydrogens (tertiary/aromatic N) is 1. The van der Waals surface area contributed by atoms with Crippen molar-refractivity contribution in [3.8, 4) is 5.75 Å². The third-order valence-corrected chi connectivity index (χ3v) is 3.13. The predicted molar refractivity (Wildman–Crippen MR) is 68.7 cm³/mol. The van der Waals surface area contributed by atoms with E-state index in [4.69, 9.17) is 15.9 Å². The van der Waals surface area contributed by atoms with Crippen LogP contribution in [0.5, 0.6) is 5.75 Å². The molecular formula is C12H12FN3OS. The molecule has 0 saturated heterocycles. The molecule has 0 spiro atoms. The first-order valence-corrected chi connectivity index (χ1v) is 6.20. The normalized spacial score (nSPS) is 10.3. The second-order valence-electron chi connectivity index (χ2n) is 3.59. The minimum atomic E-state index is -0.284. The highest BCUT2D eigenvalue weighted by molar-refractivity contribution is 7.09. The number of hydrogen-bond acceptors (Lipinski definition) is 4. The van der Waals surface area contributed by atoms with Gasteiger partial charge >= 0.3 is 0 Å². The van der Waals surface area contributed by atoms with Crippen molar-refractivity contribution in [3.63, 3.8) is 0 Å². The van der Waals surface area contributed by atoms with Crippen LogP contribution in [0.25, 0.3) is 0 Å². The van der Waals surface area contributed by atoms with Crippen molar-refractivity contribution < 1.29 is 9.13 Å². The number of thiazole rings is 1. The van der Waals surface area contributed by atoms with E-state index in [0.717, 1.165) is 5.01 Å². The Balaban J connectivity index is 1.84. The van der Waals surface area contributed by atoms with Crippen LogP contribution in [-0.4, -0.2) is 17.4 Å². The molecule has 1 aromatic carbocycles. The fourth-order valence-corrected chi connectivity index (χ4v) is 2.12. The number of nitrogens with one attached hydrogen (secondary N) is 1.